The third-order valence-electron chi connectivity index (χ3n) is 7.04. The van der Waals surface area contributed by atoms with Gasteiger partial charge in [-0.05, 0) is 44.0 Å². The molecule has 11 nitrogen and oxygen atoms in total. The molecule has 0 N–H and O–H groups in total. The van der Waals surface area contributed by atoms with Crippen LogP contribution in [-0.2, 0) is 14.3 Å². The number of nitrogens with zero attached hydrogens (tertiary/aromatic N) is 3. The highest BCUT2D eigenvalue weighted by molar-refractivity contribution is 7.07. The van der Waals surface area contributed by atoms with E-state index in [0.29, 0.717) is 50.0 Å². The lowest BCUT2D eigenvalue weighted by Crippen LogP contribution is -2.40. The van der Waals surface area contributed by atoms with E-state index in [1.54, 1.807) is 31.2 Å². The van der Waals surface area contributed by atoms with Crippen molar-refractivity contribution >= 4 is 29.1 Å². The summed E-state index contributed by atoms with van der Waals surface area (Å²) in [4.78, 5) is 43.4. The van der Waals surface area contributed by atoms with Crippen LogP contribution in [0.25, 0.3) is 17.4 Å². The first-order valence-electron chi connectivity index (χ1n) is 14.0. The summed E-state index contributed by atoms with van der Waals surface area (Å²) in [7, 11) is 1.51. The second-order valence-electron chi connectivity index (χ2n) is 10.1. The van der Waals surface area contributed by atoms with E-state index in [0.717, 1.165) is 23.3 Å². The molecule has 0 fully saturated rings. The molecular weight excluding hydrogens is 586 g/mol. The zero-order valence-corrected chi connectivity index (χ0v) is 25.5. The molecule has 2 aromatic heterocycles. The molecule has 0 unspecified atom stereocenters. The minimum atomic E-state index is -0.851. The molecule has 228 valence electrons. The summed E-state index contributed by atoms with van der Waals surface area (Å²) >= 11 is 1.16. The fourth-order valence-corrected chi connectivity index (χ4v) is 5.94. The minimum absolute atomic E-state index is 0.0438. The van der Waals surface area contributed by atoms with Crippen molar-refractivity contribution in [1.29, 1.82) is 0 Å². The molecule has 0 spiro atoms. The van der Waals surface area contributed by atoms with E-state index in [-0.39, 0.29) is 30.0 Å². The number of non-ortho nitro benzene ring substituents is 1. The van der Waals surface area contributed by atoms with Crippen LogP contribution in [0.15, 0.2) is 80.1 Å². The van der Waals surface area contributed by atoms with Crippen LogP contribution in [0.3, 0.4) is 0 Å². The Bertz CT molecular complexity index is 1930. The SMILES string of the molecule is CCCOc1ccccc1[C@@H]1C(C(=O)OCCOC)=C(C)N=c2s/c(=C/c3ccc(-c4cc([N+](=O)[O-])ccc4C)o3)c(=O)n21. The fourth-order valence-electron chi connectivity index (χ4n) is 4.92. The number of nitro benzene ring substituents is 1. The minimum Gasteiger partial charge on any atom is -0.493 e. The lowest BCUT2D eigenvalue weighted by molar-refractivity contribution is -0.384. The van der Waals surface area contributed by atoms with Gasteiger partial charge in [-0.25, -0.2) is 9.79 Å². The summed E-state index contributed by atoms with van der Waals surface area (Å²) < 4.78 is 24.4. The van der Waals surface area contributed by atoms with E-state index >= 15 is 0 Å². The summed E-state index contributed by atoms with van der Waals surface area (Å²) in [5, 5.41) is 11.3. The number of hydrogen-bond acceptors (Lipinski definition) is 10. The highest BCUT2D eigenvalue weighted by Gasteiger charge is 2.35. The van der Waals surface area contributed by atoms with E-state index in [1.165, 1.54) is 23.8 Å². The summed E-state index contributed by atoms with van der Waals surface area (Å²) in [5.41, 5.74) is 2.25. The largest absolute Gasteiger partial charge is 0.493 e. The van der Waals surface area contributed by atoms with Crippen molar-refractivity contribution in [1.82, 2.24) is 4.57 Å². The van der Waals surface area contributed by atoms with Crippen LogP contribution in [0.2, 0.25) is 0 Å². The number of hydrogen-bond donors (Lipinski definition) is 0. The number of esters is 1. The zero-order valence-electron chi connectivity index (χ0n) is 24.7. The first kappa shape index (κ1) is 30.6. The standard InChI is InChI=1S/C32H31N3O8S/c1-5-14-41-25-9-7-6-8-23(25)29-28(31(37)42-16-15-40-4)20(3)33-32-34(29)30(36)27(44-32)18-22-12-13-26(43-22)24-17-21(35(38)39)11-10-19(24)2/h6-13,17-18,29H,5,14-16H2,1-4H3/b27-18+/t29-/m1/s1. The molecule has 0 bridgehead atoms. The maximum atomic E-state index is 14.0. The van der Waals surface area contributed by atoms with Gasteiger partial charge >= 0.3 is 5.97 Å². The van der Waals surface area contributed by atoms with E-state index in [2.05, 4.69) is 4.99 Å². The summed E-state index contributed by atoms with van der Waals surface area (Å²) in [6.45, 7) is 6.27. The maximum absolute atomic E-state index is 14.0. The van der Waals surface area contributed by atoms with Crippen LogP contribution in [-0.4, -0.2) is 42.4 Å². The maximum Gasteiger partial charge on any atom is 0.338 e. The smallest absolute Gasteiger partial charge is 0.338 e. The molecule has 2 aromatic carbocycles. The number of aromatic nitrogens is 1. The first-order chi connectivity index (χ1) is 21.2. The number of allylic oxidation sites excluding steroid dienone is 1. The number of nitro groups is 1. The Hall–Kier alpha value is -4.81. The molecule has 3 heterocycles. The summed E-state index contributed by atoms with van der Waals surface area (Å²) in [5.74, 6) is 0.765. The number of methoxy groups -OCH3 is 1. The number of ether oxygens (including phenoxy) is 3. The van der Waals surface area contributed by atoms with Gasteiger partial charge in [0.2, 0.25) is 0 Å². The monoisotopic (exact) mass is 617 g/mol. The number of para-hydroxylation sites is 1. The van der Waals surface area contributed by atoms with Crippen LogP contribution < -0.4 is 19.6 Å². The number of aryl methyl sites for hydroxylation is 1. The Morgan fingerprint density at radius 2 is 1.93 bits per heavy atom. The number of thiazole rings is 1. The average molecular weight is 618 g/mol. The quantitative estimate of drug-likeness (QED) is 0.102. The van der Waals surface area contributed by atoms with Gasteiger partial charge in [-0.1, -0.05) is 42.5 Å². The van der Waals surface area contributed by atoms with Gasteiger partial charge in [0, 0.05) is 36.4 Å². The Morgan fingerprint density at radius 3 is 2.68 bits per heavy atom. The Balaban J connectivity index is 1.62. The lowest BCUT2D eigenvalue weighted by atomic mass is 9.95. The number of carbonyl (C=O) groups excluding carboxylic acids is 1. The van der Waals surface area contributed by atoms with Gasteiger partial charge in [-0.3, -0.25) is 19.5 Å². The molecule has 1 atom stereocenters. The van der Waals surface area contributed by atoms with Crippen molar-refractivity contribution in [3.05, 3.63) is 113 Å². The predicted octanol–water partition coefficient (Wildman–Crippen LogP) is 4.69. The molecule has 0 aliphatic carbocycles. The van der Waals surface area contributed by atoms with Crippen molar-refractivity contribution in [3.63, 3.8) is 0 Å². The molecule has 1 aliphatic rings. The van der Waals surface area contributed by atoms with Crippen molar-refractivity contribution in [2.24, 2.45) is 4.99 Å². The molecule has 1 aliphatic heterocycles. The van der Waals surface area contributed by atoms with Gasteiger partial charge in [-0.15, -0.1) is 0 Å². The van der Waals surface area contributed by atoms with Crippen molar-refractivity contribution in [2.75, 3.05) is 26.9 Å². The summed E-state index contributed by atoms with van der Waals surface area (Å²) in [6, 6.07) is 14.4. The third kappa shape index (κ3) is 6.12. The van der Waals surface area contributed by atoms with Gasteiger partial charge in [0.25, 0.3) is 11.2 Å². The van der Waals surface area contributed by atoms with Gasteiger partial charge in [0.1, 0.15) is 29.9 Å². The molecule has 44 heavy (non-hydrogen) atoms. The zero-order chi connectivity index (χ0) is 31.4. The van der Waals surface area contributed by atoms with Crippen LogP contribution in [0.1, 0.15) is 43.2 Å². The van der Waals surface area contributed by atoms with Crippen LogP contribution in [0, 0.1) is 17.0 Å². The average Bonchev–Trinajstić information content (AvgIpc) is 3.59. The molecular formula is C32H31N3O8S. The second-order valence-corrected chi connectivity index (χ2v) is 11.1. The van der Waals surface area contributed by atoms with Crippen LogP contribution >= 0.6 is 11.3 Å². The van der Waals surface area contributed by atoms with Gasteiger partial charge in [-0.2, -0.15) is 0 Å². The molecule has 4 aromatic rings. The molecule has 12 heteroatoms. The molecule has 0 saturated carbocycles. The predicted molar refractivity (Wildman–Crippen MR) is 164 cm³/mol. The van der Waals surface area contributed by atoms with E-state index in [1.807, 2.05) is 38.1 Å². The highest BCUT2D eigenvalue weighted by atomic mass is 32.1. The fraction of sp³-hybridized carbons (Fsp3) is 0.281. The number of benzene rings is 2. The van der Waals surface area contributed by atoms with Gasteiger partial charge in [0.05, 0.1) is 33.9 Å². The Kier molecular flexibility index (Phi) is 9.21. The molecule has 5 rings (SSSR count). The van der Waals surface area contributed by atoms with Crippen molar-refractivity contribution < 1.29 is 28.3 Å². The third-order valence-corrected chi connectivity index (χ3v) is 8.02. The van der Waals surface area contributed by atoms with Gasteiger partial charge in [0.15, 0.2) is 4.80 Å². The highest BCUT2D eigenvalue weighted by Crippen LogP contribution is 2.36. The van der Waals surface area contributed by atoms with Gasteiger partial charge < -0.3 is 18.6 Å². The first-order valence-corrected chi connectivity index (χ1v) is 14.8. The summed E-state index contributed by atoms with van der Waals surface area (Å²) in [6.07, 6.45) is 2.38. The molecule has 0 radical (unpaired) electrons. The molecule has 0 saturated heterocycles. The second kappa shape index (κ2) is 13.2. The van der Waals surface area contributed by atoms with E-state index < -0.39 is 16.9 Å². The number of carbonyl (C=O) groups is 1. The van der Waals surface area contributed by atoms with Crippen LogP contribution in [0.4, 0.5) is 5.69 Å². The Morgan fingerprint density at radius 1 is 1.14 bits per heavy atom. The van der Waals surface area contributed by atoms with E-state index in [4.69, 9.17) is 18.6 Å². The normalized spacial score (nSPS) is 14.7. The number of rotatable bonds is 11. The van der Waals surface area contributed by atoms with Crippen molar-refractivity contribution in [3.8, 4) is 17.1 Å². The van der Waals surface area contributed by atoms with E-state index in [9.17, 15) is 19.7 Å². The number of fused-ring (bicyclic) bond motifs is 1. The van der Waals surface area contributed by atoms with Crippen LogP contribution in [0.5, 0.6) is 5.75 Å². The lowest BCUT2D eigenvalue weighted by Gasteiger charge is -2.26. The number of furan rings is 1. The topological polar surface area (TPSA) is 135 Å². The Labute approximate surface area is 256 Å². The van der Waals surface area contributed by atoms with Crippen molar-refractivity contribution in [2.45, 2.75) is 33.2 Å². The molecule has 0 amide bonds.